The fourth-order valence-electron chi connectivity index (χ4n) is 11.6. The highest BCUT2D eigenvalue weighted by Crippen LogP contribution is 2.35. The summed E-state index contributed by atoms with van der Waals surface area (Å²) in [5, 5.41) is 4.94. The van der Waals surface area contributed by atoms with E-state index < -0.39 is 5.54 Å². The SMILES string of the molecule is NC1(C(=O)N[C@@H](CCN2CCN(C(=O)CN3CCC(CN4CCN(C(=O)c5cccc(C6CCCN(C(=O)C7CC7)C6)c5)CC4)CC3)CC2)c2ccc(Cl)cc2)CCN(c2ncnc3[nH]ccc23)CC1. The normalized spacial score (nSPS) is 22.6. The minimum Gasteiger partial charge on any atom is -0.356 e. The number of rotatable bonds is 14. The van der Waals surface area contributed by atoms with E-state index in [0.29, 0.717) is 74.8 Å². The third kappa shape index (κ3) is 11.5. The first-order valence-electron chi connectivity index (χ1n) is 26.1. The minimum atomic E-state index is -1.00. The third-order valence-electron chi connectivity index (χ3n) is 16.3. The molecule has 1 saturated carbocycles. The van der Waals surface area contributed by atoms with Crippen LogP contribution in [0.3, 0.4) is 0 Å². The number of piperazine rings is 2. The second kappa shape index (κ2) is 21.7. The first kappa shape index (κ1) is 48.5. The number of carbonyl (C=O) groups is 4. The number of anilines is 1. The van der Waals surface area contributed by atoms with Gasteiger partial charge in [-0.1, -0.05) is 35.9 Å². The van der Waals surface area contributed by atoms with Gasteiger partial charge < -0.3 is 35.6 Å². The summed E-state index contributed by atoms with van der Waals surface area (Å²) in [4.78, 5) is 81.5. The van der Waals surface area contributed by atoms with Crippen LogP contribution in [0.4, 0.5) is 5.82 Å². The van der Waals surface area contributed by atoms with Gasteiger partial charge in [-0.2, -0.15) is 0 Å². The van der Waals surface area contributed by atoms with Crippen LogP contribution in [0.25, 0.3) is 11.0 Å². The molecule has 0 bridgehead atoms. The standard InChI is InChI=1S/C53H71ClN12O4/c54-44-10-8-39(9-11-44)46(59-52(70)53(55)16-23-64(24-17-53)49-45-12-18-56-48(45)57-37-58-49)15-22-60-25-29-63(30-26-60)47(67)36-61-20-13-38(14-21-61)34-62-27-31-65(32-28-62)51(69)42-4-1-3-41(33-42)43-5-2-19-66(35-43)50(68)40-6-7-40/h1,3-4,8-12,18,33,37-38,40,43,46H,2,5-7,13-17,19-32,34-36,55H2,(H,59,70)(H,56,57,58)/t43?,46-/m0/s1. The summed E-state index contributed by atoms with van der Waals surface area (Å²) >= 11 is 6.28. The highest BCUT2D eigenvalue weighted by molar-refractivity contribution is 6.30. The van der Waals surface area contributed by atoms with Gasteiger partial charge in [0.05, 0.1) is 23.5 Å². The van der Waals surface area contributed by atoms with Crippen molar-refractivity contribution in [3.05, 3.63) is 88.8 Å². The Morgan fingerprint density at radius 3 is 2.24 bits per heavy atom. The Balaban J connectivity index is 0.628. The van der Waals surface area contributed by atoms with Gasteiger partial charge in [0, 0.05) is 120 Å². The Hall–Kier alpha value is -5.13. The second-order valence-corrected chi connectivity index (χ2v) is 21.4. The average molecular weight is 976 g/mol. The van der Waals surface area contributed by atoms with E-state index in [1.807, 2.05) is 58.5 Å². The van der Waals surface area contributed by atoms with Gasteiger partial charge in [0.15, 0.2) is 0 Å². The number of benzene rings is 2. The number of nitrogens with one attached hydrogen (secondary N) is 2. The Bertz CT molecular complexity index is 2450. The number of fused-ring (bicyclic) bond motifs is 1. The first-order valence-corrected chi connectivity index (χ1v) is 26.4. The van der Waals surface area contributed by atoms with Crippen molar-refractivity contribution >= 4 is 52.1 Å². The number of piperidine rings is 3. The topological polar surface area (TPSA) is 171 Å². The van der Waals surface area contributed by atoms with Gasteiger partial charge in [-0.15, -0.1) is 0 Å². The van der Waals surface area contributed by atoms with E-state index in [1.54, 1.807) is 6.33 Å². The van der Waals surface area contributed by atoms with Crippen LogP contribution in [0.1, 0.15) is 91.2 Å². The summed E-state index contributed by atoms with van der Waals surface area (Å²) in [6.45, 7) is 13.2. The van der Waals surface area contributed by atoms with E-state index in [2.05, 4.69) is 56.9 Å². The van der Waals surface area contributed by atoms with Gasteiger partial charge in [0.1, 0.15) is 17.8 Å². The van der Waals surface area contributed by atoms with Crippen molar-refractivity contribution in [2.24, 2.45) is 17.6 Å². The monoisotopic (exact) mass is 975 g/mol. The Kier molecular flexibility index (Phi) is 15.0. The van der Waals surface area contributed by atoms with E-state index in [-0.39, 0.29) is 29.7 Å². The number of nitrogens with zero attached hydrogens (tertiary/aromatic N) is 9. The van der Waals surface area contributed by atoms with Crippen LogP contribution in [0, 0.1) is 11.8 Å². The number of hydrogen-bond acceptors (Lipinski definition) is 11. The molecule has 7 heterocycles. The van der Waals surface area contributed by atoms with Gasteiger partial charge in [-0.3, -0.25) is 33.9 Å². The third-order valence-corrected chi connectivity index (χ3v) is 16.5. The lowest BCUT2D eigenvalue weighted by Crippen LogP contribution is -2.60. The molecule has 2 aromatic heterocycles. The van der Waals surface area contributed by atoms with Crippen molar-refractivity contribution < 1.29 is 19.2 Å². The molecule has 1 aliphatic carbocycles. The fourth-order valence-corrected chi connectivity index (χ4v) is 11.7. The molecule has 2 atom stereocenters. The molecule has 70 heavy (non-hydrogen) atoms. The zero-order valence-electron chi connectivity index (χ0n) is 40.7. The Labute approximate surface area is 417 Å². The van der Waals surface area contributed by atoms with E-state index in [9.17, 15) is 19.2 Å². The van der Waals surface area contributed by atoms with Crippen LogP contribution in [0.15, 0.2) is 67.1 Å². The molecule has 2 aromatic carbocycles. The van der Waals surface area contributed by atoms with Crippen molar-refractivity contribution in [2.45, 2.75) is 75.3 Å². The zero-order valence-corrected chi connectivity index (χ0v) is 41.4. The quantitative estimate of drug-likeness (QED) is 0.162. The van der Waals surface area contributed by atoms with Crippen LogP contribution in [0.2, 0.25) is 5.02 Å². The number of aromatic nitrogens is 3. The highest BCUT2D eigenvalue weighted by atomic mass is 35.5. The molecule has 4 amide bonds. The van der Waals surface area contributed by atoms with Crippen LogP contribution >= 0.6 is 11.6 Å². The number of carbonyl (C=O) groups excluding carboxylic acids is 4. The number of likely N-dealkylation sites (tertiary alicyclic amines) is 2. The van der Waals surface area contributed by atoms with Crippen molar-refractivity contribution in [1.82, 2.24) is 49.7 Å². The van der Waals surface area contributed by atoms with Crippen LogP contribution in [-0.4, -0.2) is 185 Å². The zero-order chi connectivity index (χ0) is 48.2. The lowest BCUT2D eigenvalue weighted by Gasteiger charge is -2.40. The Morgan fingerprint density at radius 1 is 0.771 bits per heavy atom. The molecule has 5 saturated heterocycles. The van der Waals surface area contributed by atoms with E-state index in [4.69, 9.17) is 17.3 Å². The molecule has 16 nitrogen and oxygen atoms in total. The number of H-pyrrole nitrogens is 1. The first-order chi connectivity index (χ1) is 34.0. The summed E-state index contributed by atoms with van der Waals surface area (Å²) in [5.41, 5.74) is 9.59. The highest BCUT2D eigenvalue weighted by Gasteiger charge is 2.40. The van der Waals surface area contributed by atoms with Crippen molar-refractivity contribution in [3.63, 3.8) is 0 Å². The maximum atomic E-state index is 14.0. The maximum absolute atomic E-state index is 14.0. The van der Waals surface area contributed by atoms with Gasteiger partial charge in [0.2, 0.25) is 17.7 Å². The minimum absolute atomic E-state index is 0.110. The summed E-state index contributed by atoms with van der Waals surface area (Å²) in [6, 6.07) is 17.6. The van der Waals surface area contributed by atoms with E-state index in [0.717, 1.165) is 145 Å². The van der Waals surface area contributed by atoms with E-state index in [1.165, 1.54) is 5.56 Å². The predicted molar refractivity (Wildman–Crippen MR) is 271 cm³/mol. The molecule has 0 radical (unpaired) electrons. The summed E-state index contributed by atoms with van der Waals surface area (Å²) < 4.78 is 0. The average Bonchev–Trinajstić information content (AvgIpc) is 4.14. The molecule has 4 aromatic rings. The molecule has 17 heteroatoms. The summed E-state index contributed by atoms with van der Waals surface area (Å²) in [5.74, 6) is 2.48. The fraction of sp³-hybridized carbons (Fsp3) is 0.585. The number of aromatic amines is 1. The summed E-state index contributed by atoms with van der Waals surface area (Å²) in [6.07, 6.45) is 11.4. The molecule has 4 N–H and O–H groups in total. The molecule has 5 aliphatic heterocycles. The van der Waals surface area contributed by atoms with Crippen LogP contribution in [0.5, 0.6) is 0 Å². The molecular formula is C53H71ClN12O4. The van der Waals surface area contributed by atoms with Crippen molar-refractivity contribution in [3.8, 4) is 0 Å². The lowest BCUT2D eigenvalue weighted by atomic mass is 9.87. The second-order valence-electron chi connectivity index (χ2n) is 21.0. The van der Waals surface area contributed by atoms with Gasteiger partial charge in [-0.25, -0.2) is 9.97 Å². The number of hydrogen-bond donors (Lipinski definition) is 3. The predicted octanol–water partition coefficient (Wildman–Crippen LogP) is 4.59. The maximum Gasteiger partial charge on any atom is 0.253 e. The van der Waals surface area contributed by atoms with Gasteiger partial charge in [0.25, 0.3) is 5.91 Å². The van der Waals surface area contributed by atoms with E-state index >= 15 is 0 Å². The van der Waals surface area contributed by atoms with Gasteiger partial charge in [-0.05, 0) is 118 Å². The molecule has 6 aliphatic rings. The molecule has 6 fully saturated rings. The molecule has 0 spiro atoms. The van der Waals surface area contributed by atoms with Gasteiger partial charge >= 0.3 is 0 Å². The number of amides is 4. The van der Waals surface area contributed by atoms with Crippen LogP contribution < -0.4 is 16.0 Å². The molecule has 374 valence electrons. The smallest absolute Gasteiger partial charge is 0.253 e. The van der Waals surface area contributed by atoms with Crippen LogP contribution in [-0.2, 0) is 14.4 Å². The van der Waals surface area contributed by atoms with Crippen molar-refractivity contribution in [1.29, 1.82) is 0 Å². The number of nitrogens with two attached hydrogens (primary N) is 1. The molecular weight excluding hydrogens is 904 g/mol. The summed E-state index contributed by atoms with van der Waals surface area (Å²) in [7, 11) is 0. The molecule has 10 rings (SSSR count). The molecule has 1 unspecified atom stereocenters. The largest absolute Gasteiger partial charge is 0.356 e. The van der Waals surface area contributed by atoms with Crippen molar-refractivity contribution in [2.75, 3.05) is 116 Å². The lowest BCUT2D eigenvalue weighted by molar-refractivity contribution is -0.135. The number of halogens is 1. The Morgan fingerprint density at radius 2 is 1.50 bits per heavy atom.